The van der Waals surface area contributed by atoms with Crippen LogP contribution < -0.4 is 9.80 Å². The van der Waals surface area contributed by atoms with Crippen LogP contribution in [-0.2, 0) is 0 Å². The molecule has 2 nitrogen and oxygen atoms in total. The maximum Gasteiger partial charge on any atom is 0.0539 e. The van der Waals surface area contributed by atoms with Crippen LogP contribution in [0.5, 0.6) is 0 Å². The zero-order valence-corrected chi connectivity index (χ0v) is 30.0. The van der Waals surface area contributed by atoms with Crippen LogP contribution in [0.1, 0.15) is 22.3 Å². The predicted octanol–water partition coefficient (Wildman–Crippen LogP) is 14.0. The maximum absolute atomic E-state index is 2.34. The summed E-state index contributed by atoms with van der Waals surface area (Å²) in [6, 6.07) is 81.3. The summed E-state index contributed by atoms with van der Waals surface area (Å²) in [7, 11) is 0. The van der Waals surface area contributed by atoms with E-state index in [0.717, 1.165) is 67.5 Å². The molecule has 0 aromatic heterocycles. The Morgan fingerprint density at radius 2 is 0.500 bits per heavy atom. The number of benzene rings is 8. The summed E-state index contributed by atoms with van der Waals surface area (Å²) in [6.45, 7) is 0. The molecule has 0 fully saturated rings. The Morgan fingerprint density at radius 3 is 0.759 bits per heavy atom. The minimum absolute atomic E-state index is 1.10. The molecule has 0 aliphatic rings. The molecular weight excluding hydrogens is 653 g/mol. The van der Waals surface area contributed by atoms with Crippen molar-refractivity contribution < 1.29 is 0 Å². The van der Waals surface area contributed by atoms with Crippen LogP contribution in [0.15, 0.2) is 231 Å². The molecule has 0 amide bonds. The van der Waals surface area contributed by atoms with Crippen molar-refractivity contribution in [3.05, 3.63) is 253 Å². The predicted molar refractivity (Wildman–Crippen MR) is 231 cm³/mol. The van der Waals surface area contributed by atoms with E-state index in [1.807, 2.05) is 0 Å². The molecular formula is C52H40N2. The molecule has 0 saturated heterocycles. The van der Waals surface area contributed by atoms with Crippen molar-refractivity contribution in [3.8, 4) is 11.1 Å². The van der Waals surface area contributed by atoms with E-state index in [9.17, 15) is 0 Å². The van der Waals surface area contributed by atoms with Gasteiger partial charge >= 0.3 is 0 Å². The Balaban J connectivity index is 1.17. The van der Waals surface area contributed by atoms with Gasteiger partial charge in [0.2, 0.25) is 0 Å². The van der Waals surface area contributed by atoms with E-state index in [2.05, 4.69) is 252 Å². The topological polar surface area (TPSA) is 6.48 Å². The third-order valence-electron chi connectivity index (χ3n) is 9.44. The molecule has 0 bridgehead atoms. The lowest BCUT2D eigenvalue weighted by Gasteiger charge is -2.29. The Bertz CT molecular complexity index is 2170. The zero-order valence-electron chi connectivity index (χ0n) is 30.0. The van der Waals surface area contributed by atoms with Gasteiger partial charge in [0.15, 0.2) is 0 Å². The highest BCUT2D eigenvalue weighted by Crippen LogP contribution is 2.38. The summed E-state index contributed by atoms with van der Waals surface area (Å²) in [4.78, 5) is 4.67. The molecule has 0 aliphatic carbocycles. The molecule has 8 rings (SSSR count). The van der Waals surface area contributed by atoms with Crippen LogP contribution >= 0.6 is 0 Å². The second-order valence-electron chi connectivity index (χ2n) is 13.0. The normalized spacial score (nSPS) is 11.6. The van der Waals surface area contributed by atoms with Gasteiger partial charge in [-0.2, -0.15) is 0 Å². The number of para-hydroxylation sites is 4. The number of anilines is 4. The van der Waals surface area contributed by atoms with E-state index in [-0.39, 0.29) is 0 Å². The van der Waals surface area contributed by atoms with Crippen LogP contribution in [0.4, 0.5) is 22.7 Å². The van der Waals surface area contributed by atoms with Crippen molar-refractivity contribution in [2.45, 2.75) is 0 Å². The molecule has 258 valence electrons. The first kappa shape index (κ1) is 34.0. The third-order valence-corrected chi connectivity index (χ3v) is 9.44. The van der Waals surface area contributed by atoms with E-state index >= 15 is 0 Å². The second kappa shape index (κ2) is 16.5. The summed E-state index contributed by atoms with van der Waals surface area (Å²) in [6.07, 6.45) is 4.55. The zero-order chi connectivity index (χ0) is 36.4. The summed E-state index contributed by atoms with van der Waals surface area (Å²) in [5.41, 5.74) is 13.5. The average Bonchev–Trinajstić information content (AvgIpc) is 3.26. The number of hydrogen-bond acceptors (Lipinski definition) is 2. The van der Waals surface area contributed by atoms with Gasteiger partial charge in [-0.05, 0) is 94.1 Å². The van der Waals surface area contributed by atoms with Crippen molar-refractivity contribution in [1.29, 1.82) is 0 Å². The van der Waals surface area contributed by atoms with E-state index in [1.54, 1.807) is 0 Å². The minimum Gasteiger partial charge on any atom is -0.310 e. The van der Waals surface area contributed by atoms with Gasteiger partial charge in [-0.25, -0.2) is 0 Å². The largest absolute Gasteiger partial charge is 0.310 e. The van der Waals surface area contributed by atoms with E-state index in [4.69, 9.17) is 0 Å². The number of nitrogens with zero attached hydrogens (tertiary/aromatic N) is 2. The van der Waals surface area contributed by atoms with Crippen molar-refractivity contribution in [2.24, 2.45) is 0 Å². The molecule has 2 heteroatoms. The van der Waals surface area contributed by atoms with Gasteiger partial charge in [0.25, 0.3) is 0 Å². The van der Waals surface area contributed by atoms with Crippen LogP contribution in [0.3, 0.4) is 0 Å². The summed E-state index contributed by atoms with van der Waals surface area (Å²) in [5.74, 6) is 0. The van der Waals surface area contributed by atoms with Gasteiger partial charge in [-0.15, -0.1) is 0 Å². The Morgan fingerprint density at radius 1 is 0.259 bits per heavy atom. The molecule has 0 spiro atoms. The fourth-order valence-corrected chi connectivity index (χ4v) is 6.80. The lowest BCUT2D eigenvalue weighted by Crippen LogP contribution is -2.15. The number of hydrogen-bond donors (Lipinski definition) is 0. The van der Waals surface area contributed by atoms with Crippen molar-refractivity contribution >= 4 is 46.3 Å². The monoisotopic (exact) mass is 692 g/mol. The maximum atomic E-state index is 2.34. The molecule has 0 heterocycles. The highest BCUT2D eigenvalue weighted by molar-refractivity contribution is 5.97. The fourth-order valence-electron chi connectivity index (χ4n) is 6.80. The van der Waals surface area contributed by atoms with E-state index in [0.29, 0.717) is 0 Å². The first-order chi connectivity index (χ1) is 26.8. The smallest absolute Gasteiger partial charge is 0.0539 e. The average molecular weight is 693 g/mol. The fraction of sp³-hybridized carbons (Fsp3) is 0. The molecule has 0 aliphatic heterocycles. The summed E-state index contributed by atoms with van der Waals surface area (Å²) >= 11 is 0. The van der Waals surface area contributed by atoms with Crippen LogP contribution in [-0.4, -0.2) is 0 Å². The number of rotatable bonds is 11. The second-order valence-corrected chi connectivity index (χ2v) is 13.0. The van der Waals surface area contributed by atoms with Gasteiger partial charge in [-0.3, -0.25) is 0 Å². The minimum atomic E-state index is 1.10. The summed E-state index contributed by atoms with van der Waals surface area (Å²) in [5, 5.41) is 0. The van der Waals surface area contributed by atoms with E-state index < -0.39 is 0 Å². The first-order valence-corrected chi connectivity index (χ1v) is 18.4. The van der Waals surface area contributed by atoms with Crippen molar-refractivity contribution in [2.75, 3.05) is 9.80 Å². The van der Waals surface area contributed by atoms with Crippen LogP contribution in [0.2, 0.25) is 0 Å². The molecule has 0 saturated carbocycles. The van der Waals surface area contributed by atoms with Gasteiger partial charge < -0.3 is 9.80 Å². The van der Waals surface area contributed by atoms with Gasteiger partial charge in [-0.1, -0.05) is 182 Å². The third kappa shape index (κ3) is 7.84. The van der Waals surface area contributed by atoms with Gasteiger partial charge in [0.1, 0.15) is 0 Å². The first-order valence-electron chi connectivity index (χ1n) is 18.4. The summed E-state index contributed by atoms with van der Waals surface area (Å²) < 4.78 is 0. The Labute approximate surface area is 318 Å². The highest BCUT2D eigenvalue weighted by Gasteiger charge is 2.19. The molecule has 0 radical (unpaired) electrons. The molecule has 0 N–H and O–H groups in total. The van der Waals surface area contributed by atoms with Crippen molar-refractivity contribution in [3.63, 3.8) is 0 Å². The molecule has 0 unspecified atom stereocenters. The van der Waals surface area contributed by atoms with Crippen molar-refractivity contribution in [1.82, 2.24) is 0 Å². The SMILES string of the molecule is C(=C(c1ccc(-c2ccc(C(=Cc3ccccc3)N(c3ccccc3)c3ccccc3)cc2)cc1)N(c1ccccc1)c1ccccc1)c1ccccc1. The Hall–Kier alpha value is -7.16. The quantitative estimate of drug-likeness (QED) is 0.125. The molecule has 8 aromatic carbocycles. The van der Waals surface area contributed by atoms with Crippen LogP contribution in [0.25, 0.3) is 34.7 Å². The lowest BCUT2D eigenvalue weighted by atomic mass is 9.98. The molecule has 0 atom stereocenters. The standard InChI is InChI=1S/C52H40N2/c1-7-19-41(20-8-1)39-51(53(47-23-11-3-12-24-47)48-25-13-4-14-26-48)45-35-31-43(32-36-45)44-33-37-46(38-34-44)52(40-42-21-9-2-10-22-42)54(49-27-15-5-16-28-49)50-29-17-6-18-30-50/h1-40H. The van der Waals surface area contributed by atoms with Gasteiger partial charge in [0.05, 0.1) is 11.4 Å². The van der Waals surface area contributed by atoms with Crippen LogP contribution in [0, 0.1) is 0 Å². The lowest BCUT2D eigenvalue weighted by molar-refractivity contribution is 1.29. The van der Waals surface area contributed by atoms with E-state index in [1.165, 1.54) is 0 Å². The Kier molecular flexibility index (Phi) is 10.3. The highest BCUT2D eigenvalue weighted by atomic mass is 15.2. The van der Waals surface area contributed by atoms with Gasteiger partial charge in [0, 0.05) is 22.7 Å². The molecule has 54 heavy (non-hydrogen) atoms. The molecule has 8 aromatic rings.